The molecule has 1 aliphatic heterocycles. The van der Waals surface area contributed by atoms with E-state index in [0.29, 0.717) is 0 Å². The van der Waals surface area contributed by atoms with Crippen molar-refractivity contribution in [2.75, 3.05) is 9.80 Å². The van der Waals surface area contributed by atoms with Crippen LogP contribution in [0, 0.1) is 12.1 Å². The van der Waals surface area contributed by atoms with Gasteiger partial charge in [-0.3, -0.25) is 9.97 Å². The van der Waals surface area contributed by atoms with E-state index in [-0.39, 0.29) is 21.1 Å². The van der Waals surface area contributed by atoms with E-state index in [4.69, 9.17) is 14.7 Å². The Balaban J connectivity index is 0.00000492. The molecule has 6 heteroatoms. The zero-order valence-corrected chi connectivity index (χ0v) is 39.4. The van der Waals surface area contributed by atoms with Gasteiger partial charge >= 0.3 is 21.1 Å². The van der Waals surface area contributed by atoms with Crippen molar-refractivity contribution < 1.29 is 25.8 Å². The molecule has 5 nitrogen and oxygen atoms in total. The van der Waals surface area contributed by atoms with Gasteiger partial charge in [-0.2, -0.15) is 0 Å². The molecule has 0 radical (unpaired) electrons. The summed E-state index contributed by atoms with van der Waals surface area (Å²) in [6, 6.07) is 92.0. The van der Waals surface area contributed by atoms with Gasteiger partial charge in [-0.1, -0.05) is 109 Å². The molecule has 12 aromatic rings. The van der Waals surface area contributed by atoms with E-state index >= 15 is 0 Å². The molecule has 3 heterocycles. The summed E-state index contributed by atoms with van der Waals surface area (Å²) in [5.74, 6) is 1.44. The fourth-order valence-corrected chi connectivity index (χ4v) is 10.2. The normalized spacial score (nSPS) is 12.5. The molecule has 328 valence electrons. The van der Waals surface area contributed by atoms with E-state index in [1.54, 1.807) is 0 Å². The third kappa shape index (κ3) is 7.05. The third-order valence-corrected chi connectivity index (χ3v) is 13.3. The van der Waals surface area contributed by atoms with Crippen molar-refractivity contribution >= 4 is 77.5 Å². The Kier molecular flexibility index (Phi) is 10.6. The fourth-order valence-electron chi connectivity index (χ4n) is 10.2. The van der Waals surface area contributed by atoms with Gasteiger partial charge in [-0.15, -0.1) is 70.1 Å². The molecule has 10 aromatic carbocycles. The van der Waals surface area contributed by atoms with Crippen molar-refractivity contribution in [1.29, 1.82) is 0 Å². The van der Waals surface area contributed by atoms with Gasteiger partial charge in [0.2, 0.25) is 0 Å². The van der Waals surface area contributed by atoms with Gasteiger partial charge in [0.15, 0.2) is 0 Å². The van der Waals surface area contributed by atoms with Gasteiger partial charge in [-0.05, 0) is 119 Å². The minimum atomic E-state index is -1.15. The number of para-hydroxylation sites is 4. The molecule has 0 amide bonds. The van der Waals surface area contributed by atoms with Gasteiger partial charge in [0, 0.05) is 45.3 Å². The standard InChI is InChI=1S/C63H40N4O.Pt/c1-5-19-47(20-6-1)66(48-21-7-2-8-22-48)51-35-37-57-55(41-51)63(59-39-33-45-31-29-43-17-13-15-27-53(43)61(45)64-59,60-40-34-46-32-30-44-18-14-16-28-54(44)62(46)65-60)56-42-52(36-38-58(56)68-57)67(49-23-9-3-10-24-49)50-25-11-4-12-26-50;/h1-26,29-42H;/q-2;+2. The molecule has 0 fully saturated rings. The third-order valence-electron chi connectivity index (χ3n) is 13.3. The molecule has 0 N–H and O–H groups in total. The second kappa shape index (κ2) is 17.4. The van der Waals surface area contributed by atoms with Crippen molar-refractivity contribution in [2.45, 2.75) is 5.41 Å². The van der Waals surface area contributed by atoms with Gasteiger partial charge in [0.05, 0.1) is 11.4 Å². The van der Waals surface area contributed by atoms with Crippen LogP contribution in [0.15, 0.2) is 243 Å². The summed E-state index contributed by atoms with van der Waals surface area (Å²) in [6.45, 7) is 0. The zero-order chi connectivity index (χ0) is 45.0. The van der Waals surface area contributed by atoms with E-state index in [9.17, 15) is 0 Å². The monoisotopic (exact) mass is 1060 g/mol. The number of nitrogens with zero attached hydrogens (tertiary/aromatic N) is 4. The average molecular weight is 1060 g/mol. The first-order chi connectivity index (χ1) is 33.7. The smallest absolute Gasteiger partial charge is 0.457 e. The average Bonchev–Trinajstić information content (AvgIpc) is 3.41. The number of pyridine rings is 2. The van der Waals surface area contributed by atoms with Crippen LogP contribution < -0.4 is 14.5 Å². The molecule has 0 unspecified atom stereocenters. The second-order valence-corrected chi connectivity index (χ2v) is 17.2. The van der Waals surface area contributed by atoms with Gasteiger partial charge in [-0.25, -0.2) is 0 Å². The summed E-state index contributed by atoms with van der Waals surface area (Å²) < 4.78 is 7.18. The predicted octanol–water partition coefficient (Wildman–Crippen LogP) is 16.1. The largest absolute Gasteiger partial charge is 2.00 e. The van der Waals surface area contributed by atoms with Crippen LogP contribution in [0.1, 0.15) is 22.5 Å². The van der Waals surface area contributed by atoms with Gasteiger partial charge in [0.25, 0.3) is 0 Å². The molecule has 69 heavy (non-hydrogen) atoms. The van der Waals surface area contributed by atoms with Crippen LogP contribution in [0.5, 0.6) is 11.5 Å². The van der Waals surface area contributed by atoms with Crippen LogP contribution in [0.25, 0.3) is 43.4 Å². The number of anilines is 6. The van der Waals surface area contributed by atoms with E-state index in [1.807, 2.05) is 24.3 Å². The van der Waals surface area contributed by atoms with E-state index in [0.717, 1.165) is 111 Å². The first kappa shape index (κ1) is 42.0. The zero-order valence-electron chi connectivity index (χ0n) is 37.1. The first-order valence-electron chi connectivity index (χ1n) is 22.9. The molecule has 2 aromatic heterocycles. The van der Waals surface area contributed by atoms with Crippen LogP contribution in [0.2, 0.25) is 0 Å². The van der Waals surface area contributed by atoms with Crippen LogP contribution in [0.3, 0.4) is 0 Å². The summed E-state index contributed by atoms with van der Waals surface area (Å²) in [6.07, 6.45) is 0. The maximum Gasteiger partial charge on any atom is 2.00 e. The van der Waals surface area contributed by atoms with Gasteiger partial charge < -0.3 is 14.5 Å². The van der Waals surface area contributed by atoms with Crippen molar-refractivity contribution in [1.82, 2.24) is 9.97 Å². The van der Waals surface area contributed by atoms with Crippen LogP contribution in [-0.2, 0) is 26.5 Å². The van der Waals surface area contributed by atoms with Gasteiger partial charge in [0.1, 0.15) is 16.9 Å². The molecular weight excluding hydrogens is 1020 g/mol. The molecule has 0 saturated carbocycles. The quantitative estimate of drug-likeness (QED) is 0.112. The number of benzene rings is 10. The summed E-state index contributed by atoms with van der Waals surface area (Å²) >= 11 is 0. The van der Waals surface area contributed by atoms with Crippen molar-refractivity contribution in [3.05, 3.63) is 277 Å². The Bertz CT molecular complexity index is 3520. The summed E-state index contributed by atoms with van der Waals surface area (Å²) in [4.78, 5) is 16.3. The number of aromatic nitrogens is 2. The number of ether oxygens (including phenoxy) is 1. The Morgan fingerprint density at radius 3 is 1.10 bits per heavy atom. The maximum absolute atomic E-state index is 7.18. The molecule has 0 spiro atoms. The van der Waals surface area contributed by atoms with Crippen molar-refractivity contribution in [3.63, 3.8) is 0 Å². The Morgan fingerprint density at radius 1 is 0.348 bits per heavy atom. The molecular formula is C63H40N4OPt. The number of fused-ring (bicyclic) bond motifs is 8. The summed E-state index contributed by atoms with van der Waals surface area (Å²) in [5, 5.41) is 6.12. The van der Waals surface area contributed by atoms with E-state index < -0.39 is 5.41 Å². The summed E-state index contributed by atoms with van der Waals surface area (Å²) in [7, 11) is 0. The van der Waals surface area contributed by atoms with E-state index in [2.05, 4.69) is 240 Å². The first-order valence-corrected chi connectivity index (χ1v) is 22.9. The molecule has 0 aliphatic carbocycles. The van der Waals surface area contributed by atoms with E-state index in [1.165, 1.54) is 0 Å². The maximum atomic E-state index is 7.18. The Labute approximate surface area is 414 Å². The molecule has 1 aliphatic rings. The fraction of sp³-hybridized carbons (Fsp3) is 0.0159. The number of hydrogen-bond acceptors (Lipinski definition) is 5. The topological polar surface area (TPSA) is 41.5 Å². The summed E-state index contributed by atoms with van der Waals surface area (Å²) in [5.41, 5.74) is 10.1. The van der Waals surface area contributed by atoms with Crippen LogP contribution >= 0.6 is 0 Å². The minimum Gasteiger partial charge on any atom is -0.457 e. The van der Waals surface area contributed by atoms with Crippen molar-refractivity contribution in [3.8, 4) is 11.5 Å². The molecule has 0 saturated heterocycles. The molecule has 0 bridgehead atoms. The number of hydrogen-bond donors (Lipinski definition) is 0. The van der Waals surface area contributed by atoms with Crippen LogP contribution in [-0.4, -0.2) is 9.97 Å². The number of rotatable bonds is 8. The molecule has 13 rings (SSSR count). The predicted molar refractivity (Wildman–Crippen MR) is 277 cm³/mol. The second-order valence-electron chi connectivity index (χ2n) is 17.2. The Morgan fingerprint density at radius 2 is 0.710 bits per heavy atom. The van der Waals surface area contributed by atoms with Crippen LogP contribution in [0.4, 0.5) is 34.1 Å². The Hall–Kier alpha value is -8.37. The SMILES string of the molecule is [Pt+2].[c-]1cccc2ccc3ccc(C4(c5ccc6ccc7ccc[c-]c7c6n5)c5cc(N(c6ccccc6)c6ccccc6)ccc5Oc5ccc(N(c6ccccc6)c6ccccc6)cc54)nc3c12. The minimum absolute atomic E-state index is 0. The van der Waals surface area contributed by atoms with Crippen molar-refractivity contribution in [2.24, 2.45) is 0 Å². The molecule has 0 atom stereocenters.